The molecule has 1 aromatic heterocycles. The lowest BCUT2D eigenvalue weighted by atomic mass is 10.2. The number of benzene rings is 1. The van der Waals surface area contributed by atoms with Crippen molar-refractivity contribution in [2.24, 2.45) is 0 Å². The van der Waals surface area contributed by atoms with Gasteiger partial charge in [-0.05, 0) is 49.7 Å². The highest BCUT2D eigenvalue weighted by Gasteiger charge is 2.30. The normalized spacial score (nSPS) is 12.7. The molecule has 116 valence electrons. The predicted molar refractivity (Wildman–Crippen MR) is 93.3 cm³/mol. The maximum atomic E-state index is 13.0. The topological polar surface area (TPSA) is 35.5 Å². The summed E-state index contributed by atoms with van der Waals surface area (Å²) in [6, 6.07) is 8.12. The third kappa shape index (κ3) is 4.40. The zero-order chi connectivity index (χ0) is 15.6. The molecule has 21 heavy (non-hydrogen) atoms. The quantitative estimate of drug-likeness (QED) is 0.550. The summed E-state index contributed by atoms with van der Waals surface area (Å²) in [7, 11) is -3.16. The molecule has 0 atom stereocenters. The summed E-state index contributed by atoms with van der Waals surface area (Å²) in [5.41, 5.74) is 0. The van der Waals surface area contributed by atoms with Crippen LogP contribution in [0.2, 0.25) is 0 Å². The Morgan fingerprint density at radius 1 is 1.14 bits per heavy atom. The van der Waals surface area contributed by atoms with E-state index in [0.717, 1.165) is 14.7 Å². The van der Waals surface area contributed by atoms with E-state index in [0.29, 0.717) is 6.16 Å². The summed E-state index contributed by atoms with van der Waals surface area (Å²) >= 11 is 5.24. The van der Waals surface area contributed by atoms with Crippen LogP contribution in [0.5, 0.6) is 0 Å². The second kappa shape index (κ2) is 6.93. The van der Waals surface area contributed by atoms with Crippen LogP contribution in [0.3, 0.4) is 0 Å². The molecular weight excluding hydrogens is 371 g/mol. The molecule has 0 saturated heterocycles. The lowest BCUT2D eigenvalue weighted by molar-refractivity contribution is 0.142. The Kier molecular flexibility index (Phi) is 5.66. The smallest absolute Gasteiger partial charge is 0.306 e. The van der Waals surface area contributed by atoms with Gasteiger partial charge >= 0.3 is 7.60 Å². The van der Waals surface area contributed by atoms with E-state index in [9.17, 15) is 4.57 Å². The van der Waals surface area contributed by atoms with Crippen LogP contribution < -0.4 is 0 Å². The Morgan fingerprint density at radius 3 is 2.24 bits per heavy atom. The van der Waals surface area contributed by atoms with Crippen LogP contribution in [-0.2, 0) is 19.8 Å². The van der Waals surface area contributed by atoms with Crippen LogP contribution in [-0.4, -0.2) is 12.2 Å². The van der Waals surface area contributed by atoms with E-state index in [1.807, 2.05) is 39.8 Å². The zero-order valence-electron chi connectivity index (χ0n) is 12.6. The summed E-state index contributed by atoms with van der Waals surface area (Å²) in [6.45, 7) is 7.49. The molecule has 0 N–H and O–H groups in total. The molecule has 1 heterocycles. The van der Waals surface area contributed by atoms with Gasteiger partial charge in [0.1, 0.15) is 0 Å². The highest BCUT2D eigenvalue weighted by molar-refractivity contribution is 9.10. The Bertz CT molecular complexity index is 652. The van der Waals surface area contributed by atoms with Gasteiger partial charge in [-0.15, -0.1) is 11.3 Å². The van der Waals surface area contributed by atoms with Crippen LogP contribution in [0.1, 0.15) is 32.6 Å². The molecule has 3 nitrogen and oxygen atoms in total. The standard InChI is InChI=1S/C15H20BrO3PS/c1-10(2)18-20(17,19-11(3)4)9-14-15(16)12-7-5-6-8-13(12)21-14/h5-8,10-11H,9H2,1-4H3. The highest BCUT2D eigenvalue weighted by Crippen LogP contribution is 2.56. The van der Waals surface area contributed by atoms with E-state index in [4.69, 9.17) is 9.05 Å². The second-order valence-electron chi connectivity index (χ2n) is 5.41. The molecule has 2 rings (SSSR count). The van der Waals surface area contributed by atoms with Crippen molar-refractivity contribution in [3.8, 4) is 0 Å². The van der Waals surface area contributed by atoms with Gasteiger partial charge < -0.3 is 9.05 Å². The van der Waals surface area contributed by atoms with Crippen LogP contribution in [0.4, 0.5) is 0 Å². The summed E-state index contributed by atoms with van der Waals surface area (Å²) < 4.78 is 26.4. The monoisotopic (exact) mass is 390 g/mol. The van der Waals surface area contributed by atoms with Gasteiger partial charge in [0, 0.05) is 19.4 Å². The van der Waals surface area contributed by atoms with E-state index < -0.39 is 7.60 Å². The molecule has 2 aromatic rings. The van der Waals surface area contributed by atoms with E-state index in [-0.39, 0.29) is 12.2 Å². The van der Waals surface area contributed by atoms with Gasteiger partial charge in [-0.3, -0.25) is 4.57 Å². The first-order chi connectivity index (χ1) is 9.81. The SMILES string of the molecule is CC(C)OP(=O)(Cc1sc2ccccc2c1Br)OC(C)C. The molecule has 0 aliphatic rings. The van der Waals surface area contributed by atoms with Crippen molar-refractivity contribution < 1.29 is 13.6 Å². The Morgan fingerprint density at radius 2 is 1.71 bits per heavy atom. The fourth-order valence-corrected chi connectivity index (χ4v) is 6.78. The fraction of sp³-hybridized carbons (Fsp3) is 0.467. The molecule has 0 spiro atoms. The minimum atomic E-state index is -3.16. The molecule has 0 radical (unpaired) electrons. The summed E-state index contributed by atoms with van der Waals surface area (Å²) in [6.07, 6.45) is 0.0222. The van der Waals surface area contributed by atoms with E-state index in [1.165, 1.54) is 4.70 Å². The molecule has 0 aliphatic heterocycles. The molecule has 0 unspecified atom stereocenters. The summed E-state index contributed by atoms with van der Waals surface area (Å²) in [5.74, 6) is 0. The average molecular weight is 391 g/mol. The van der Waals surface area contributed by atoms with Crippen molar-refractivity contribution in [3.05, 3.63) is 33.6 Å². The molecule has 0 aliphatic carbocycles. The first-order valence-electron chi connectivity index (χ1n) is 6.92. The molecule has 0 bridgehead atoms. The Labute approximate surface area is 138 Å². The number of hydrogen-bond donors (Lipinski definition) is 0. The van der Waals surface area contributed by atoms with Crippen LogP contribution in [0, 0.1) is 0 Å². The molecule has 1 aromatic carbocycles. The zero-order valence-corrected chi connectivity index (χ0v) is 15.9. The van der Waals surface area contributed by atoms with Gasteiger partial charge in [-0.2, -0.15) is 0 Å². The third-order valence-electron chi connectivity index (χ3n) is 2.68. The minimum Gasteiger partial charge on any atom is -0.306 e. The van der Waals surface area contributed by atoms with Gasteiger partial charge in [0.05, 0.1) is 18.4 Å². The van der Waals surface area contributed by atoms with Crippen molar-refractivity contribution in [1.82, 2.24) is 0 Å². The first kappa shape index (κ1) is 17.2. The maximum Gasteiger partial charge on any atom is 0.336 e. The average Bonchev–Trinajstić information content (AvgIpc) is 2.64. The van der Waals surface area contributed by atoms with E-state index >= 15 is 0 Å². The van der Waals surface area contributed by atoms with E-state index in [2.05, 4.69) is 28.1 Å². The number of fused-ring (bicyclic) bond motifs is 1. The van der Waals surface area contributed by atoms with Crippen LogP contribution >= 0.6 is 34.9 Å². The van der Waals surface area contributed by atoms with Crippen molar-refractivity contribution in [2.75, 3.05) is 0 Å². The van der Waals surface area contributed by atoms with Crippen molar-refractivity contribution in [3.63, 3.8) is 0 Å². The minimum absolute atomic E-state index is 0.136. The van der Waals surface area contributed by atoms with Gasteiger partial charge in [0.2, 0.25) is 0 Å². The van der Waals surface area contributed by atoms with Crippen molar-refractivity contribution in [2.45, 2.75) is 46.1 Å². The molecule has 0 saturated carbocycles. The number of halogens is 1. The first-order valence-corrected chi connectivity index (χ1v) is 10.3. The Hall–Kier alpha value is -0.190. The Balaban J connectivity index is 2.34. The highest BCUT2D eigenvalue weighted by atomic mass is 79.9. The summed E-state index contributed by atoms with van der Waals surface area (Å²) in [5, 5.41) is 1.14. The predicted octanol–water partition coefficient (Wildman–Crippen LogP) is 6.21. The fourth-order valence-electron chi connectivity index (χ4n) is 2.08. The van der Waals surface area contributed by atoms with Gasteiger partial charge in [-0.25, -0.2) is 0 Å². The molecule has 0 fully saturated rings. The number of hydrogen-bond acceptors (Lipinski definition) is 4. The van der Waals surface area contributed by atoms with Crippen molar-refractivity contribution in [1.29, 1.82) is 0 Å². The van der Waals surface area contributed by atoms with Gasteiger partial charge in [0.15, 0.2) is 0 Å². The lowest BCUT2D eigenvalue weighted by Crippen LogP contribution is -2.09. The second-order valence-corrected chi connectivity index (χ2v) is 9.30. The number of thiophene rings is 1. The molecular formula is C15H20BrO3PS. The maximum absolute atomic E-state index is 13.0. The van der Waals surface area contributed by atoms with Crippen LogP contribution in [0.15, 0.2) is 28.7 Å². The van der Waals surface area contributed by atoms with E-state index in [1.54, 1.807) is 11.3 Å². The number of rotatable bonds is 6. The van der Waals surface area contributed by atoms with Gasteiger partial charge in [-0.1, -0.05) is 18.2 Å². The molecule has 0 amide bonds. The molecule has 6 heteroatoms. The lowest BCUT2D eigenvalue weighted by Gasteiger charge is -2.22. The third-order valence-corrected chi connectivity index (χ3v) is 7.42. The summed E-state index contributed by atoms with van der Waals surface area (Å²) in [4.78, 5) is 1.00. The largest absolute Gasteiger partial charge is 0.336 e. The van der Waals surface area contributed by atoms with Crippen LogP contribution in [0.25, 0.3) is 10.1 Å². The van der Waals surface area contributed by atoms with Gasteiger partial charge in [0.25, 0.3) is 0 Å². The van der Waals surface area contributed by atoms with Crippen molar-refractivity contribution >= 4 is 44.9 Å².